The first-order chi connectivity index (χ1) is 12.3. The first kappa shape index (κ1) is 18.5. The van der Waals surface area contributed by atoms with Gasteiger partial charge in [-0.2, -0.15) is 0 Å². The van der Waals surface area contributed by atoms with Crippen LogP contribution in [0.4, 0.5) is 0 Å². The molecule has 1 fully saturated rings. The third-order valence-electron chi connectivity index (χ3n) is 4.45. The van der Waals surface area contributed by atoms with Gasteiger partial charge in [0.2, 0.25) is 0 Å². The summed E-state index contributed by atoms with van der Waals surface area (Å²) < 4.78 is 28.7. The van der Waals surface area contributed by atoms with E-state index in [4.69, 9.17) is 4.74 Å². The van der Waals surface area contributed by atoms with Gasteiger partial charge in [0, 0.05) is 11.8 Å². The quantitative estimate of drug-likeness (QED) is 0.808. The molecule has 0 saturated heterocycles. The van der Waals surface area contributed by atoms with Crippen molar-refractivity contribution in [3.05, 3.63) is 59.7 Å². The molecule has 0 heterocycles. The number of sulfone groups is 1. The van der Waals surface area contributed by atoms with Gasteiger partial charge < -0.3 is 10.1 Å². The number of benzene rings is 2. The van der Waals surface area contributed by atoms with Crippen LogP contribution in [0.2, 0.25) is 0 Å². The van der Waals surface area contributed by atoms with Crippen LogP contribution in [0.1, 0.15) is 41.7 Å². The van der Waals surface area contributed by atoms with Crippen LogP contribution in [0, 0.1) is 5.92 Å². The second-order valence-electron chi connectivity index (χ2n) is 6.82. The summed E-state index contributed by atoms with van der Waals surface area (Å²) in [6.07, 6.45) is 3.65. The molecule has 0 aliphatic heterocycles. The molecule has 1 aliphatic rings. The van der Waals surface area contributed by atoms with Crippen LogP contribution >= 0.6 is 0 Å². The van der Waals surface area contributed by atoms with Gasteiger partial charge >= 0.3 is 0 Å². The van der Waals surface area contributed by atoms with Crippen molar-refractivity contribution in [1.82, 2.24) is 5.32 Å². The lowest BCUT2D eigenvalue weighted by Crippen LogP contribution is -2.26. The zero-order chi connectivity index (χ0) is 18.7. The van der Waals surface area contributed by atoms with Gasteiger partial charge in [0.05, 0.1) is 17.5 Å². The van der Waals surface area contributed by atoms with Gasteiger partial charge in [-0.3, -0.25) is 4.79 Å². The molecule has 0 radical (unpaired) electrons. The molecular formula is C20H23NO4S. The van der Waals surface area contributed by atoms with Crippen molar-refractivity contribution in [3.63, 3.8) is 0 Å². The minimum atomic E-state index is -3.22. The van der Waals surface area contributed by atoms with Crippen molar-refractivity contribution >= 4 is 15.7 Å². The molecule has 1 N–H and O–H groups in total. The molecule has 1 aliphatic carbocycles. The van der Waals surface area contributed by atoms with Crippen molar-refractivity contribution < 1.29 is 17.9 Å². The van der Waals surface area contributed by atoms with E-state index in [2.05, 4.69) is 5.32 Å². The number of ether oxygens (including phenoxy) is 1. The zero-order valence-corrected chi connectivity index (χ0v) is 15.8. The second-order valence-corrected chi connectivity index (χ2v) is 8.83. The standard InChI is InChI=1S/C20H23NO4S/c1-14(16-7-11-19(12-8-16)26(2,23)24)21-20(22)17-5-9-18(10-6-17)25-13-15-3-4-15/h5-12,14-15H,3-4,13H2,1-2H3,(H,21,22). The molecule has 1 saturated carbocycles. The zero-order valence-electron chi connectivity index (χ0n) is 14.9. The van der Waals surface area contributed by atoms with Crippen molar-refractivity contribution in [1.29, 1.82) is 0 Å². The molecule has 3 rings (SSSR count). The molecule has 2 aromatic rings. The number of rotatable bonds is 7. The van der Waals surface area contributed by atoms with Crippen LogP contribution in [0.15, 0.2) is 53.4 Å². The van der Waals surface area contributed by atoms with Gasteiger partial charge in [-0.25, -0.2) is 8.42 Å². The Bertz CT molecular complexity index is 869. The van der Waals surface area contributed by atoms with Crippen molar-refractivity contribution in [3.8, 4) is 5.75 Å². The third-order valence-corrected chi connectivity index (χ3v) is 5.58. The fraction of sp³-hybridized carbons (Fsp3) is 0.350. The maximum atomic E-state index is 12.4. The summed E-state index contributed by atoms with van der Waals surface area (Å²) in [6, 6.07) is 13.4. The summed E-state index contributed by atoms with van der Waals surface area (Å²) in [5, 5.41) is 2.92. The lowest BCUT2D eigenvalue weighted by atomic mass is 10.1. The number of carbonyl (C=O) groups is 1. The Morgan fingerprint density at radius 1 is 1.12 bits per heavy atom. The van der Waals surface area contributed by atoms with Gasteiger partial charge in [0.1, 0.15) is 5.75 Å². The molecule has 1 atom stereocenters. The highest BCUT2D eigenvalue weighted by atomic mass is 32.2. The first-order valence-corrected chi connectivity index (χ1v) is 10.6. The van der Waals surface area contributed by atoms with Crippen LogP contribution in [0.5, 0.6) is 5.75 Å². The van der Waals surface area contributed by atoms with E-state index in [9.17, 15) is 13.2 Å². The maximum Gasteiger partial charge on any atom is 0.251 e. The average molecular weight is 373 g/mol. The fourth-order valence-electron chi connectivity index (χ4n) is 2.57. The topological polar surface area (TPSA) is 72.5 Å². The predicted octanol–water partition coefficient (Wildman–Crippen LogP) is 3.37. The molecule has 138 valence electrons. The van der Waals surface area contributed by atoms with Gasteiger partial charge in [0.25, 0.3) is 5.91 Å². The van der Waals surface area contributed by atoms with E-state index < -0.39 is 9.84 Å². The molecule has 0 spiro atoms. The highest BCUT2D eigenvalue weighted by Gasteiger charge is 2.22. The minimum Gasteiger partial charge on any atom is -0.493 e. The lowest BCUT2D eigenvalue weighted by Gasteiger charge is -2.15. The van der Waals surface area contributed by atoms with Crippen LogP contribution in [0.25, 0.3) is 0 Å². The van der Waals surface area contributed by atoms with E-state index in [-0.39, 0.29) is 16.8 Å². The Morgan fingerprint density at radius 3 is 2.27 bits per heavy atom. The Labute approximate surface area is 154 Å². The number of amides is 1. The predicted molar refractivity (Wildman–Crippen MR) is 100 cm³/mol. The lowest BCUT2D eigenvalue weighted by molar-refractivity contribution is 0.0940. The van der Waals surface area contributed by atoms with Crippen LogP contribution in [-0.4, -0.2) is 27.2 Å². The molecule has 2 aromatic carbocycles. The Hall–Kier alpha value is -2.34. The Kier molecular flexibility index (Phi) is 5.32. The van der Waals surface area contributed by atoms with E-state index in [1.807, 2.05) is 19.1 Å². The van der Waals surface area contributed by atoms with Gasteiger partial charge in [0.15, 0.2) is 9.84 Å². The monoisotopic (exact) mass is 373 g/mol. The molecule has 1 amide bonds. The highest BCUT2D eigenvalue weighted by molar-refractivity contribution is 7.90. The molecule has 1 unspecified atom stereocenters. The smallest absolute Gasteiger partial charge is 0.251 e. The number of hydrogen-bond acceptors (Lipinski definition) is 4. The maximum absolute atomic E-state index is 12.4. The Morgan fingerprint density at radius 2 is 1.73 bits per heavy atom. The van der Waals surface area contributed by atoms with E-state index >= 15 is 0 Å². The summed E-state index contributed by atoms with van der Waals surface area (Å²) in [6.45, 7) is 2.60. The van der Waals surface area contributed by atoms with E-state index in [1.165, 1.54) is 19.1 Å². The molecule has 26 heavy (non-hydrogen) atoms. The van der Waals surface area contributed by atoms with Crippen LogP contribution in [-0.2, 0) is 9.84 Å². The van der Waals surface area contributed by atoms with E-state index in [0.29, 0.717) is 11.5 Å². The van der Waals surface area contributed by atoms with E-state index in [1.54, 1.807) is 36.4 Å². The number of nitrogens with one attached hydrogen (secondary N) is 1. The first-order valence-electron chi connectivity index (χ1n) is 8.66. The van der Waals surface area contributed by atoms with Crippen LogP contribution < -0.4 is 10.1 Å². The fourth-order valence-corrected chi connectivity index (χ4v) is 3.20. The summed E-state index contributed by atoms with van der Waals surface area (Å²) in [4.78, 5) is 12.7. The van der Waals surface area contributed by atoms with E-state index in [0.717, 1.165) is 17.9 Å². The average Bonchev–Trinajstić information content (AvgIpc) is 3.44. The minimum absolute atomic E-state index is 0.182. The SMILES string of the molecule is CC(NC(=O)c1ccc(OCC2CC2)cc1)c1ccc(S(C)(=O)=O)cc1. The van der Waals surface area contributed by atoms with Crippen molar-refractivity contribution in [2.45, 2.75) is 30.7 Å². The van der Waals surface area contributed by atoms with Crippen LogP contribution in [0.3, 0.4) is 0 Å². The van der Waals surface area contributed by atoms with Gasteiger partial charge in [-0.1, -0.05) is 12.1 Å². The van der Waals surface area contributed by atoms with Crippen molar-refractivity contribution in [2.24, 2.45) is 5.92 Å². The normalized spacial score (nSPS) is 15.3. The second kappa shape index (κ2) is 7.50. The summed E-state index contributed by atoms with van der Waals surface area (Å²) in [7, 11) is -3.22. The van der Waals surface area contributed by atoms with Crippen molar-refractivity contribution in [2.75, 3.05) is 12.9 Å². The molecule has 6 heteroatoms. The van der Waals surface area contributed by atoms with Gasteiger partial charge in [-0.15, -0.1) is 0 Å². The molecule has 0 aromatic heterocycles. The Balaban J connectivity index is 1.59. The number of carbonyl (C=O) groups excluding carboxylic acids is 1. The largest absolute Gasteiger partial charge is 0.493 e. The molecule has 0 bridgehead atoms. The summed E-state index contributed by atoms with van der Waals surface area (Å²) >= 11 is 0. The summed E-state index contributed by atoms with van der Waals surface area (Å²) in [5.41, 5.74) is 1.40. The molecule has 5 nitrogen and oxygen atoms in total. The van der Waals surface area contributed by atoms with Gasteiger partial charge in [-0.05, 0) is 67.6 Å². The molecular weight excluding hydrogens is 350 g/mol. The third kappa shape index (κ3) is 4.85. The highest BCUT2D eigenvalue weighted by Crippen LogP contribution is 2.29. The summed E-state index contributed by atoms with van der Waals surface area (Å²) in [5.74, 6) is 1.28. The number of hydrogen-bond donors (Lipinski definition) is 1.